The summed E-state index contributed by atoms with van der Waals surface area (Å²) in [5.74, 6) is 1.40. The third-order valence-electron chi connectivity index (χ3n) is 8.48. The Morgan fingerprint density at radius 2 is 2.03 bits per heavy atom. The number of nitrogens with two attached hydrogens (primary N) is 2. The first-order valence-electron chi connectivity index (χ1n) is 13.4. The molecule has 0 amide bonds. The number of nitrogens with zero attached hydrogens (tertiary/aromatic N) is 5. The number of fused-ring (bicyclic) bond motifs is 2. The molecule has 9 nitrogen and oxygen atoms in total. The lowest BCUT2D eigenvalue weighted by Gasteiger charge is -2.40. The predicted molar refractivity (Wildman–Crippen MR) is 150 cm³/mol. The lowest BCUT2D eigenvalue weighted by atomic mass is 9.61. The number of anilines is 2. The number of aromatic nitrogens is 2. The minimum Gasteiger partial charge on any atom is -0.473 e. The zero-order chi connectivity index (χ0) is 27.2. The van der Waals surface area contributed by atoms with Crippen LogP contribution in [0.4, 0.5) is 10.8 Å². The van der Waals surface area contributed by atoms with Crippen LogP contribution in [-0.2, 0) is 16.6 Å². The zero-order valence-electron chi connectivity index (χ0n) is 22.7. The molecule has 4 N–H and O–H groups in total. The summed E-state index contributed by atoms with van der Waals surface area (Å²) in [4.78, 5) is 28.9. The Kier molecular flexibility index (Phi) is 7.09. The number of hydrogen-bond acceptors (Lipinski definition) is 10. The molecule has 10 heteroatoms. The number of hydrogen-bond donors (Lipinski definition) is 2. The molecule has 0 radical (unpaired) electrons. The Balaban J connectivity index is 1.54. The molecular formula is C28H37N7O2S. The number of aryl methyl sites for hydroxylation is 1. The maximum Gasteiger partial charge on any atom is 0.219 e. The molecule has 38 heavy (non-hydrogen) atoms. The monoisotopic (exact) mass is 535 g/mol. The van der Waals surface area contributed by atoms with E-state index in [0.29, 0.717) is 64.7 Å². The molecule has 1 spiro atoms. The molecule has 1 saturated heterocycles. The molecule has 3 aliphatic rings. The quantitative estimate of drug-likeness (QED) is 0.550. The van der Waals surface area contributed by atoms with E-state index >= 15 is 0 Å². The summed E-state index contributed by atoms with van der Waals surface area (Å²) in [6.07, 6.45) is 6.65. The highest BCUT2D eigenvalue weighted by molar-refractivity contribution is 7.16. The second-order valence-electron chi connectivity index (χ2n) is 11.1. The van der Waals surface area contributed by atoms with Gasteiger partial charge >= 0.3 is 0 Å². The fraction of sp³-hybridized carbons (Fsp3) is 0.571. The van der Waals surface area contributed by atoms with Crippen molar-refractivity contribution >= 4 is 33.6 Å². The number of likely N-dealkylation sites (tertiary alicyclic amines) is 1. The SMILES string of the molecule is C[C@H](Oc1cc(N(C)C)nc(/C(N)=C2\CCC[C@@]3(CCCc4sc(N)c(C#N)c43)C2=O)n1)[C@@H]1CCCN1C. The fourth-order valence-electron chi connectivity index (χ4n) is 6.54. The number of rotatable bonds is 5. The average Bonchev–Trinajstić information content (AvgIpc) is 3.47. The molecule has 2 aliphatic carbocycles. The molecule has 2 aromatic heterocycles. The van der Waals surface area contributed by atoms with Crippen molar-refractivity contribution in [1.29, 1.82) is 5.26 Å². The number of thiophene rings is 1. The molecule has 2 fully saturated rings. The van der Waals surface area contributed by atoms with Gasteiger partial charge in [-0.05, 0) is 77.4 Å². The highest BCUT2D eigenvalue weighted by Gasteiger charge is 2.49. The summed E-state index contributed by atoms with van der Waals surface area (Å²) in [5.41, 5.74) is 14.3. The lowest BCUT2D eigenvalue weighted by Crippen LogP contribution is -2.43. The van der Waals surface area contributed by atoms with E-state index in [2.05, 4.69) is 24.9 Å². The summed E-state index contributed by atoms with van der Waals surface area (Å²) in [6, 6.07) is 4.42. The molecule has 5 rings (SSSR count). The molecule has 3 atom stereocenters. The van der Waals surface area contributed by atoms with Crippen molar-refractivity contribution in [3.05, 3.63) is 33.5 Å². The van der Waals surface area contributed by atoms with E-state index in [9.17, 15) is 10.1 Å². The number of Topliss-reactive ketones (excluding diaryl/α,β-unsaturated/α-hetero) is 1. The summed E-state index contributed by atoms with van der Waals surface area (Å²) >= 11 is 1.45. The van der Waals surface area contributed by atoms with Gasteiger partial charge in [0.05, 0.1) is 16.7 Å². The normalized spacial score (nSPS) is 25.7. The van der Waals surface area contributed by atoms with E-state index < -0.39 is 5.41 Å². The first-order chi connectivity index (χ1) is 18.2. The summed E-state index contributed by atoms with van der Waals surface area (Å²) in [6.45, 7) is 3.13. The number of nitriles is 1. The average molecular weight is 536 g/mol. The Labute approximate surface area is 228 Å². The van der Waals surface area contributed by atoms with Gasteiger partial charge in [-0.2, -0.15) is 10.2 Å². The van der Waals surface area contributed by atoms with Crippen LogP contribution in [0.25, 0.3) is 5.70 Å². The van der Waals surface area contributed by atoms with Gasteiger partial charge in [0, 0.05) is 36.7 Å². The van der Waals surface area contributed by atoms with Crippen molar-refractivity contribution in [3.63, 3.8) is 0 Å². The number of ketones is 1. The third kappa shape index (κ3) is 4.41. The van der Waals surface area contributed by atoms with Crippen LogP contribution in [0, 0.1) is 11.3 Å². The van der Waals surface area contributed by atoms with E-state index in [1.54, 1.807) is 0 Å². The van der Waals surface area contributed by atoms with Crippen LogP contribution in [0.3, 0.4) is 0 Å². The molecular weight excluding hydrogens is 498 g/mol. The first-order valence-corrected chi connectivity index (χ1v) is 14.3. The number of carbonyl (C=O) groups is 1. The number of carbonyl (C=O) groups excluding carboxylic acids is 1. The van der Waals surface area contributed by atoms with Crippen LogP contribution in [0.15, 0.2) is 11.6 Å². The third-order valence-corrected chi connectivity index (χ3v) is 9.56. The van der Waals surface area contributed by atoms with Gasteiger partial charge in [0.1, 0.15) is 23.0 Å². The highest BCUT2D eigenvalue weighted by atomic mass is 32.1. The second-order valence-corrected chi connectivity index (χ2v) is 12.2. The highest BCUT2D eigenvalue weighted by Crippen LogP contribution is 2.52. The van der Waals surface area contributed by atoms with Gasteiger partial charge in [0.2, 0.25) is 5.88 Å². The van der Waals surface area contributed by atoms with Crippen molar-refractivity contribution in [2.24, 2.45) is 5.73 Å². The van der Waals surface area contributed by atoms with Crippen molar-refractivity contribution in [1.82, 2.24) is 14.9 Å². The van der Waals surface area contributed by atoms with Gasteiger partial charge in [-0.3, -0.25) is 9.69 Å². The number of allylic oxidation sites excluding steroid dienone is 1. The van der Waals surface area contributed by atoms with Crippen LogP contribution in [0.1, 0.15) is 73.7 Å². The topological polar surface area (TPSA) is 134 Å². The van der Waals surface area contributed by atoms with Gasteiger partial charge in [0.25, 0.3) is 0 Å². The van der Waals surface area contributed by atoms with E-state index in [1.807, 2.05) is 25.1 Å². The Morgan fingerprint density at radius 3 is 2.68 bits per heavy atom. The van der Waals surface area contributed by atoms with Crippen LogP contribution in [0.5, 0.6) is 5.88 Å². The second kappa shape index (κ2) is 10.2. The van der Waals surface area contributed by atoms with Gasteiger partial charge in [0.15, 0.2) is 11.6 Å². The predicted octanol–water partition coefficient (Wildman–Crippen LogP) is 3.62. The Hall–Kier alpha value is -3.16. The standard InChI is InChI=1S/C28H37N7O2S/c1-16(19-9-7-13-35(19)4)37-22-14-21(34(2)3)32-27(33-22)24(30)17-8-5-11-28(25(17)36)12-6-10-20-23(28)18(15-29)26(31)38-20/h14,16,19H,5-13,30-31H2,1-4H3/b24-17-/t16-,19-,28-/m0/s1. The van der Waals surface area contributed by atoms with E-state index in [0.717, 1.165) is 49.1 Å². The van der Waals surface area contributed by atoms with Gasteiger partial charge in [-0.1, -0.05) is 0 Å². The molecule has 1 saturated carbocycles. The minimum atomic E-state index is -0.759. The smallest absolute Gasteiger partial charge is 0.219 e. The van der Waals surface area contributed by atoms with E-state index in [1.165, 1.54) is 11.3 Å². The van der Waals surface area contributed by atoms with Crippen LogP contribution >= 0.6 is 11.3 Å². The molecule has 0 unspecified atom stereocenters. The van der Waals surface area contributed by atoms with Crippen LogP contribution in [0.2, 0.25) is 0 Å². The number of ether oxygens (including phenoxy) is 1. The van der Waals surface area contributed by atoms with Crippen molar-refractivity contribution in [2.45, 2.75) is 75.9 Å². The molecule has 3 heterocycles. The van der Waals surface area contributed by atoms with E-state index in [4.69, 9.17) is 26.2 Å². The van der Waals surface area contributed by atoms with Crippen LogP contribution in [-0.4, -0.2) is 60.5 Å². The largest absolute Gasteiger partial charge is 0.473 e. The van der Waals surface area contributed by atoms with Gasteiger partial charge < -0.3 is 21.1 Å². The van der Waals surface area contributed by atoms with Crippen molar-refractivity contribution < 1.29 is 9.53 Å². The van der Waals surface area contributed by atoms with E-state index in [-0.39, 0.29) is 11.9 Å². The Bertz CT molecular complexity index is 1330. The zero-order valence-corrected chi connectivity index (χ0v) is 23.5. The molecule has 0 aromatic carbocycles. The van der Waals surface area contributed by atoms with Crippen LogP contribution < -0.4 is 21.1 Å². The molecule has 2 aromatic rings. The fourth-order valence-corrected chi connectivity index (χ4v) is 7.70. The first kappa shape index (κ1) is 26.4. The lowest BCUT2D eigenvalue weighted by molar-refractivity contribution is -0.122. The maximum absolute atomic E-state index is 14.3. The minimum absolute atomic E-state index is 0.0150. The van der Waals surface area contributed by atoms with Crippen molar-refractivity contribution in [2.75, 3.05) is 38.3 Å². The van der Waals surface area contributed by atoms with Crippen molar-refractivity contribution in [3.8, 4) is 11.9 Å². The van der Waals surface area contributed by atoms with Gasteiger partial charge in [-0.15, -0.1) is 11.3 Å². The summed E-state index contributed by atoms with van der Waals surface area (Å²) in [7, 11) is 5.93. The Morgan fingerprint density at radius 1 is 1.29 bits per heavy atom. The molecule has 0 bridgehead atoms. The molecule has 202 valence electrons. The number of nitrogen functional groups attached to an aromatic ring is 1. The van der Waals surface area contributed by atoms with Gasteiger partial charge in [-0.25, -0.2) is 4.98 Å². The summed E-state index contributed by atoms with van der Waals surface area (Å²) in [5, 5.41) is 10.4. The maximum atomic E-state index is 14.3. The summed E-state index contributed by atoms with van der Waals surface area (Å²) < 4.78 is 6.32. The number of likely N-dealkylation sites (N-methyl/N-ethyl adjacent to an activating group) is 1. The molecule has 1 aliphatic heterocycles.